The van der Waals surface area contributed by atoms with E-state index in [1.54, 1.807) is 14.2 Å². The zero-order valence-electron chi connectivity index (χ0n) is 11.8. The second kappa shape index (κ2) is 6.40. The minimum atomic E-state index is -0.310. The summed E-state index contributed by atoms with van der Waals surface area (Å²) in [4.78, 5) is 11.1. The molecule has 3 N–H and O–H groups in total. The molecule has 1 unspecified atom stereocenters. The Balaban J connectivity index is 2.07. The third kappa shape index (κ3) is 3.28. The Morgan fingerprint density at radius 3 is 2.25 bits per heavy atom. The molecular weight excluding hydrogens is 258 g/mol. The van der Waals surface area contributed by atoms with E-state index in [9.17, 15) is 4.79 Å². The van der Waals surface area contributed by atoms with Gasteiger partial charge in [-0.1, -0.05) is 12.1 Å². The van der Waals surface area contributed by atoms with Crippen molar-refractivity contribution in [3.63, 3.8) is 0 Å². The number of nitrogens with one attached hydrogen (secondary N) is 3. The smallest absolute Gasteiger partial charge is 0.264 e. The van der Waals surface area contributed by atoms with Crippen LogP contribution in [0.15, 0.2) is 35.1 Å². The van der Waals surface area contributed by atoms with Gasteiger partial charge in [0.05, 0.1) is 11.7 Å². The lowest BCUT2D eigenvalue weighted by Gasteiger charge is -2.23. The summed E-state index contributed by atoms with van der Waals surface area (Å²) >= 11 is 0. The van der Waals surface area contributed by atoms with Gasteiger partial charge in [0.2, 0.25) is 0 Å². The largest absolute Gasteiger partial charge is 0.377 e. The molecule has 1 aromatic carbocycles. The van der Waals surface area contributed by atoms with Crippen LogP contribution in [-0.4, -0.2) is 36.7 Å². The third-order valence-corrected chi connectivity index (χ3v) is 3.06. The summed E-state index contributed by atoms with van der Waals surface area (Å²) in [5, 5.41) is 8.63. The Morgan fingerprint density at radius 2 is 1.75 bits per heavy atom. The van der Waals surface area contributed by atoms with Crippen molar-refractivity contribution < 1.29 is 9.47 Å². The number of hydrogen-bond donors (Lipinski definition) is 3. The van der Waals surface area contributed by atoms with Gasteiger partial charge in [0, 0.05) is 26.0 Å². The van der Waals surface area contributed by atoms with Crippen LogP contribution in [0.25, 0.3) is 11.3 Å². The molecule has 0 amide bonds. The molecule has 108 valence electrons. The Labute approximate surface area is 117 Å². The van der Waals surface area contributed by atoms with E-state index >= 15 is 0 Å². The number of aromatic nitrogens is 2. The first-order chi connectivity index (χ1) is 9.63. The van der Waals surface area contributed by atoms with E-state index in [0.29, 0.717) is 0 Å². The lowest BCUT2D eigenvalue weighted by atomic mass is 10.1. The van der Waals surface area contributed by atoms with Crippen molar-refractivity contribution in [3.05, 3.63) is 40.7 Å². The molecule has 0 radical (unpaired) electrons. The summed E-state index contributed by atoms with van der Waals surface area (Å²) in [6, 6.07) is 9.30. The molecule has 1 heterocycles. The first kappa shape index (κ1) is 14.4. The fourth-order valence-corrected chi connectivity index (χ4v) is 2.07. The van der Waals surface area contributed by atoms with E-state index in [1.165, 1.54) is 6.07 Å². The van der Waals surface area contributed by atoms with Crippen molar-refractivity contribution >= 4 is 5.69 Å². The molecule has 6 nitrogen and oxygen atoms in total. The van der Waals surface area contributed by atoms with Gasteiger partial charge in [0.15, 0.2) is 6.29 Å². The maximum absolute atomic E-state index is 11.1. The number of benzene rings is 1. The molecule has 2 rings (SSSR count). The molecule has 2 aromatic rings. The highest BCUT2D eigenvalue weighted by Gasteiger charge is 2.15. The third-order valence-electron chi connectivity index (χ3n) is 3.06. The highest BCUT2D eigenvalue weighted by atomic mass is 16.7. The fourth-order valence-electron chi connectivity index (χ4n) is 2.07. The summed E-state index contributed by atoms with van der Waals surface area (Å²) in [6.07, 6.45) is -0.310. The molecule has 0 aliphatic rings. The Morgan fingerprint density at radius 1 is 1.10 bits per heavy atom. The zero-order valence-corrected chi connectivity index (χ0v) is 11.8. The Bertz CT molecular complexity index is 584. The minimum Gasteiger partial charge on any atom is -0.377 e. The highest BCUT2D eigenvalue weighted by Crippen LogP contribution is 2.19. The molecule has 1 aromatic heterocycles. The number of methoxy groups -OCH3 is 2. The van der Waals surface area contributed by atoms with E-state index < -0.39 is 0 Å². The zero-order chi connectivity index (χ0) is 14.5. The average molecular weight is 277 g/mol. The van der Waals surface area contributed by atoms with Crippen LogP contribution in [0.2, 0.25) is 0 Å². The van der Waals surface area contributed by atoms with Crippen LogP contribution < -0.4 is 10.9 Å². The lowest BCUT2D eigenvalue weighted by molar-refractivity contribution is -0.109. The fraction of sp³-hybridized carbons (Fsp3) is 0.357. The molecule has 1 atom stereocenters. The second-order valence-electron chi connectivity index (χ2n) is 4.52. The van der Waals surface area contributed by atoms with Crippen molar-refractivity contribution in [2.24, 2.45) is 0 Å². The van der Waals surface area contributed by atoms with Crippen molar-refractivity contribution in [2.45, 2.75) is 19.3 Å². The quantitative estimate of drug-likeness (QED) is 0.703. The van der Waals surface area contributed by atoms with Gasteiger partial charge in [0.1, 0.15) is 0 Å². The number of ether oxygens (including phenoxy) is 2. The maximum Gasteiger partial charge on any atom is 0.264 e. The standard InChI is InChI=1S/C14H19N3O3/c1-9(14(19-2)20-3)15-11-6-4-10(5-7-11)12-8-13(18)17-16-12/h4-9,14-15H,1-3H3,(H2,16,17,18). The summed E-state index contributed by atoms with van der Waals surface area (Å²) in [7, 11) is 3.22. The van der Waals surface area contributed by atoms with Gasteiger partial charge >= 0.3 is 0 Å². The molecule has 0 saturated heterocycles. The lowest BCUT2D eigenvalue weighted by Crippen LogP contribution is -2.33. The predicted molar refractivity (Wildman–Crippen MR) is 77.7 cm³/mol. The molecule has 0 aliphatic heterocycles. The summed E-state index contributed by atoms with van der Waals surface area (Å²) in [6.45, 7) is 1.98. The molecule has 6 heteroatoms. The average Bonchev–Trinajstić information content (AvgIpc) is 2.87. The number of H-pyrrole nitrogens is 2. The molecule has 0 fully saturated rings. The molecule has 0 spiro atoms. The van der Waals surface area contributed by atoms with Crippen molar-refractivity contribution in [3.8, 4) is 11.3 Å². The minimum absolute atomic E-state index is 0.0166. The van der Waals surface area contributed by atoms with E-state index in [-0.39, 0.29) is 17.9 Å². The Hall–Kier alpha value is -2.05. The second-order valence-corrected chi connectivity index (χ2v) is 4.52. The van der Waals surface area contributed by atoms with Gasteiger partial charge in [-0.05, 0) is 24.6 Å². The van der Waals surface area contributed by atoms with Gasteiger partial charge in [-0.15, -0.1) is 0 Å². The Kier molecular flexibility index (Phi) is 4.60. The normalized spacial score (nSPS) is 12.6. The van der Waals surface area contributed by atoms with E-state index in [1.807, 2.05) is 31.2 Å². The van der Waals surface area contributed by atoms with Crippen LogP contribution >= 0.6 is 0 Å². The first-order valence-electron chi connectivity index (χ1n) is 6.34. The number of hydrogen-bond acceptors (Lipinski definition) is 4. The van der Waals surface area contributed by atoms with Gasteiger partial charge in [-0.25, -0.2) is 0 Å². The maximum atomic E-state index is 11.1. The summed E-state index contributed by atoms with van der Waals surface area (Å²) in [5.74, 6) is 0. The van der Waals surface area contributed by atoms with E-state index in [4.69, 9.17) is 9.47 Å². The van der Waals surface area contributed by atoms with E-state index in [0.717, 1.165) is 16.9 Å². The van der Waals surface area contributed by atoms with Crippen molar-refractivity contribution in [1.82, 2.24) is 10.2 Å². The molecular formula is C14H19N3O3. The summed E-state index contributed by atoms with van der Waals surface area (Å²) < 4.78 is 10.4. The van der Waals surface area contributed by atoms with Crippen molar-refractivity contribution in [1.29, 1.82) is 0 Å². The molecule has 0 saturated carbocycles. The number of rotatable bonds is 6. The molecule has 0 bridgehead atoms. The number of anilines is 1. The monoisotopic (exact) mass is 277 g/mol. The van der Waals surface area contributed by atoms with Crippen LogP contribution in [0, 0.1) is 0 Å². The number of aromatic amines is 2. The SMILES string of the molecule is COC(OC)C(C)Nc1ccc(-c2cc(=O)[nH][nH]2)cc1. The summed E-state index contributed by atoms with van der Waals surface area (Å²) in [5.41, 5.74) is 2.52. The van der Waals surface area contributed by atoms with E-state index in [2.05, 4.69) is 15.5 Å². The van der Waals surface area contributed by atoms with Crippen molar-refractivity contribution in [2.75, 3.05) is 19.5 Å². The van der Waals surface area contributed by atoms with Crippen LogP contribution in [-0.2, 0) is 9.47 Å². The van der Waals surface area contributed by atoms with Crippen LogP contribution in [0.1, 0.15) is 6.92 Å². The van der Waals surface area contributed by atoms with Gasteiger partial charge in [-0.3, -0.25) is 15.0 Å². The molecule has 0 aliphatic carbocycles. The van der Waals surface area contributed by atoms with Gasteiger partial charge in [0.25, 0.3) is 5.56 Å². The van der Waals surface area contributed by atoms with Crippen LogP contribution in [0.4, 0.5) is 5.69 Å². The van der Waals surface area contributed by atoms with Gasteiger partial charge in [-0.2, -0.15) is 0 Å². The predicted octanol–water partition coefficient (Wildman–Crippen LogP) is 1.79. The molecule has 20 heavy (non-hydrogen) atoms. The van der Waals surface area contributed by atoms with Gasteiger partial charge < -0.3 is 14.8 Å². The van der Waals surface area contributed by atoms with Crippen LogP contribution in [0.5, 0.6) is 0 Å². The topological polar surface area (TPSA) is 79.1 Å². The highest BCUT2D eigenvalue weighted by molar-refractivity contribution is 5.62. The van der Waals surface area contributed by atoms with Crippen LogP contribution in [0.3, 0.4) is 0 Å². The first-order valence-corrected chi connectivity index (χ1v) is 6.34.